The molecule has 0 radical (unpaired) electrons. The summed E-state index contributed by atoms with van der Waals surface area (Å²) in [6.07, 6.45) is 6.12. The van der Waals surface area contributed by atoms with Gasteiger partial charge in [-0.3, -0.25) is 19.2 Å². The van der Waals surface area contributed by atoms with Crippen molar-refractivity contribution >= 4 is 35.8 Å². The molecule has 4 aliphatic heterocycles. The van der Waals surface area contributed by atoms with Crippen LogP contribution in [0.15, 0.2) is 36.4 Å². The van der Waals surface area contributed by atoms with Gasteiger partial charge in [-0.1, -0.05) is 0 Å². The number of carbonyl (C=O) groups is 6. The first-order chi connectivity index (χ1) is 27.3. The fourth-order valence-electron chi connectivity index (χ4n) is 12.5. The van der Waals surface area contributed by atoms with E-state index in [2.05, 4.69) is 14.1 Å². The largest absolute Gasteiger partial charge is 0.550 e. The number of nitrogens with zero attached hydrogens (tertiary/aromatic N) is 2. The number of carboxylic acids is 2. The zero-order valence-corrected chi connectivity index (χ0v) is 34.2. The highest BCUT2D eigenvalue weighted by atomic mass is 16.6. The number of aliphatic carboxylic acids is 2. The van der Waals surface area contributed by atoms with E-state index >= 15 is 0 Å². The van der Waals surface area contributed by atoms with Gasteiger partial charge in [-0.2, -0.15) is 0 Å². The molecule has 5 aliphatic rings. The van der Waals surface area contributed by atoms with Gasteiger partial charge in [0.1, 0.15) is 13.1 Å². The van der Waals surface area contributed by atoms with Crippen molar-refractivity contribution in [3.63, 3.8) is 0 Å². The highest BCUT2D eigenvalue weighted by Gasteiger charge is 2.71. The first kappa shape index (κ1) is 41.3. The molecule has 2 aromatic rings. The molecule has 4 saturated heterocycles. The van der Waals surface area contributed by atoms with Gasteiger partial charge in [-0.25, -0.2) is 0 Å². The Balaban J connectivity index is 1.13. The number of benzene rings is 2. The number of esters is 4. The minimum atomic E-state index is -1.55. The van der Waals surface area contributed by atoms with Gasteiger partial charge in [0.15, 0.2) is 23.0 Å². The first-order valence-electron chi connectivity index (χ1n) is 20.4. The summed E-state index contributed by atoms with van der Waals surface area (Å²) in [6, 6.07) is 10.6. The van der Waals surface area contributed by atoms with Gasteiger partial charge in [0.05, 0.1) is 38.3 Å². The lowest BCUT2D eigenvalue weighted by Crippen LogP contribution is -2.75. The molecular weight excluding hydrogens is 748 g/mol. The van der Waals surface area contributed by atoms with Crippen molar-refractivity contribution in [1.29, 1.82) is 0 Å². The second-order valence-corrected chi connectivity index (χ2v) is 18.1. The Kier molecular flexibility index (Phi) is 10.8. The van der Waals surface area contributed by atoms with Crippen LogP contribution in [0.2, 0.25) is 0 Å². The van der Waals surface area contributed by atoms with Crippen molar-refractivity contribution < 1.29 is 66.9 Å². The van der Waals surface area contributed by atoms with Gasteiger partial charge in [0.2, 0.25) is 0 Å². The molecule has 5 fully saturated rings. The molecule has 2 aromatic carbocycles. The normalized spacial score (nSPS) is 34.7. The minimum Gasteiger partial charge on any atom is -0.550 e. The lowest BCUT2D eigenvalue weighted by Gasteiger charge is -2.69. The number of rotatable bonds is 12. The van der Waals surface area contributed by atoms with Gasteiger partial charge < -0.3 is 47.7 Å². The van der Waals surface area contributed by atoms with Crippen molar-refractivity contribution in [3.8, 4) is 23.0 Å². The van der Waals surface area contributed by atoms with E-state index < -0.39 is 58.5 Å². The van der Waals surface area contributed by atoms with Crippen LogP contribution in [0.4, 0.5) is 0 Å². The lowest BCUT2D eigenvalue weighted by molar-refractivity contribution is -0.963. The maximum absolute atomic E-state index is 13.7. The Morgan fingerprint density at radius 2 is 0.828 bits per heavy atom. The van der Waals surface area contributed by atoms with E-state index in [1.165, 1.54) is 27.7 Å². The number of quaternary nitrogens is 2. The molecule has 1 aliphatic carbocycles. The summed E-state index contributed by atoms with van der Waals surface area (Å²) in [6.45, 7) is 6.23. The number of hydrogen-bond acceptors (Lipinski definition) is 12. The topological polar surface area (TPSA) is 185 Å². The number of carbonyl (C=O) groups excluding carboxylic acids is 6. The standard InChI is InChI=1S/C44H54N2O12/c1-25(47)55-37-13-7-29(17-39(37)57-27(3)49)23-45(5)33-9-10-34(45)20-31(19-33)43(41(51)52)15-16-44(43,42(53)54)32-21-35-11-12-36(22-32)46(35,6)24-30-8-14-38(56-26(2)48)40(18-30)58-28(4)50/h7-8,13-14,17-18,31-36H,9-12,15-16,19-24H2,1-6H3/t31?,32?,33?,34?,35?,36?,43-,44+,45?,46?. The van der Waals surface area contributed by atoms with Crippen LogP contribution in [0.25, 0.3) is 0 Å². The fourth-order valence-corrected chi connectivity index (χ4v) is 12.5. The first-order valence-corrected chi connectivity index (χ1v) is 20.4. The Labute approximate surface area is 338 Å². The molecule has 4 bridgehead atoms. The number of ether oxygens (including phenoxy) is 4. The van der Waals surface area contributed by atoms with Crippen LogP contribution in [0.5, 0.6) is 23.0 Å². The van der Waals surface area contributed by atoms with Crippen LogP contribution < -0.4 is 29.2 Å². The number of fused-ring (bicyclic) bond motifs is 4. The average molecular weight is 803 g/mol. The molecule has 14 heteroatoms. The molecule has 4 unspecified atom stereocenters. The zero-order valence-electron chi connectivity index (χ0n) is 34.2. The van der Waals surface area contributed by atoms with Gasteiger partial charge >= 0.3 is 23.9 Å². The molecule has 7 rings (SSSR count). The predicted molar refractivity (Wildman–Crippen MR) is 201 cm³/mol. The van der Waals surface area contributed by atoms with Crippen molar-refractivity contribution in [2.24, 2.45) is 22.7 Å². The summed E-state index contributed by atoms with van der Waals surface area (Å²) in [7, 11) is 4.33. The van der Waals surface area contributed by atoms with E-state index in [1.54, 1.807) is 24.3 Å². The molecule has 14 nitrogen and oxygen atoms in total. The van der Waals surface area contributed by atoms with E-state index in [9.17, 15) is 39.0 Å². The highest BCUT2D eigenvalue weighted by molar-refractivity contribution is 5.88. The van der Waals surface area contributed by atoms with E-state index in [-0.39, 0.29) is 60.0 Å². The maximum Gasteiger partial charge on any atom is 0.308 e. The number of piperidine rings is 2. The Hall–Kier alpha value is -4.82. The smallest absolute Gasteiger partial charge is 0.308 e. The summed E-state index contributed by atoms with van der Waals surface area (Å²) in [5, 5.41) is 27.4. The molecule has 312 valence electrons. The molecule has 0 aromatic heterocycles. The Morgan fingerprint density at radius 3 is 1.09 bits per heavy atom. The molecule has 0 N–H and O–H groups in total. The third-order valence-corrected chi connectivity index (χ3v) is 15.1. The quantitative estimate of drug-likeness (QED) is 0.174. The van der Waals surface area contributed by atoms with E-state index in [1.807, 2.05) is 12.1 Å². The molecule has 0 amide bonds. The number of carboxylic acid groups (broad SMARTS) is 2. The van der Waals surface area contributed by atoms with Crippen molar-refractivity contribution in [1.82, 2.24) is 0 Å². The van der Waals surface area contributed by atoms with Crippen LogP contribution in [0.1, 0.15) is 103 Å². The summed E-state index contributed by atoms with van der Waals surface area (Å²) in [5.74, 6) is -4.94. The van der Waals surface area contributed by atoms with Crippen LogP contribution in [-0.4, -0.2) is 83.0 Å². The van der Waals surface area contributed by atoms with E-state index in [4.69, 9.17) is 18.9 Å². The molecule has 4 heterocycles. The fraction of sp³-hybridized carbons (Fsp3) is 0.591. The Morgan fingerprint density at radius 1 is 0.534 bits per heavy atom. The second kappa shape index (κ2) is 15.1. The lowest BCUT2D eigenvalue weighted by atomic mass is 9.38. The summed E-state index contributed by atoms with van der Waals surface area (Å²) < 4.78 is 22.6. The molecular formula is C44H54N2O12. The molecule has 0 spiro atoms. The third-order valence-electron chi connectivity index (χ3n) is 15.1. The van der Waals surface area contributed by atoms with E-state index in [0.29, 0.717) is 47.7 Å². The van der Waals surface area contributed by atoms with Gasteiger partial charge in [-0.05, 0) is 61.1 Å². The molecule has 1 saturated carbocycles. The average Bonchev–Trinajstić information content (AvgIpc) is 3.33. The predicted octanol–water partition coefficient (Wildman–Crippen LogP) is 3.13. The maximum atomic E-state index is 13.7. The monoisotopic (exact) mass is 802 g/mol. The summed E-state index contributed by atoms with van der Waals surface area (Å²) >= 11 is 0. The molecule has 6 atom stereocenters. The summed E-state index contributed by atoms with van der Waals surface area (Å²) in [4.78, 5) is 74.5. The van der Waals surface area contributed by atoms with Crippen molar-refractivity contribution in [2.45, 2.75) is 129 Å². The summed E-state index contributed by atoms with van der Waals surface area (Å²) in [5.41, 5.74) is -1.37. The van der Waals surface area contributed by atoms with Crippen molar-refractivity contribution in [2.75, 3.05) is 14.1 Å². The number of hydrogen-bond donors (Lipinski definition) is 0. The van der Waals surface area contributed by atoms with Crippen LogP contribution >= 0.6 is 0 Å². The zero-order chi connectivity index (χ0) is 41.9. The third kappa shape index (κ3) is 6.85. The van der Waals surface area contributed by atoms with Gasteiger partial charge in [-0.15, -0.1) is 0 Å². The Bertz CT molecular complexity index is 1880. The van der Waals surface area contributed by atoms with Gasteiger partial charge in [0.25, 0.3) is 0 Å². The van der Waals surface area contributed by atoms with Crippen LogP contribution in [0.3, 0.4) is 0 Å². The van der Waals surface area contributed by atoms with E-state index in [0.717, 1.165) is 36.8 Å². The SMILES string of the molecule is CC(=O)Oc1ccc(C[N+]2(C)C3CCC2CC([C@@]2(C(=O)[O-])CC[C@@]2(C(=O)[O-])C2CC4CCC(C2)[N+]4(C)Cc2ccc(OC(C)=O)c(OC(C)=O)c2)C3)cc1OC(C)=O. The van der Waals surface area contributed by atoms with Gasteiger partial charge in [0, 0.05) is 113 Å². The van der Waals surface area contributed by atoms with Crippen LogP contribution in [0, 0.1) is 22.7 Å². The van der Waals surface area contributed by atoms with Crippen molar-refractivity contribution in [3.05, 3.63) is 47.5 Å². The van der Waals surface area contributed by atoms with Crippen LogP contribution in [-0.2, 0) is 41.9 Å². The second-order valence-electron chi connectivity index (χ2n) is 18.1. The molecule has 58 heavy (non-hydrogen) atoms. The minimum absolute atomic E-state index is 0.0666. The highest BCUT2D eigenvalue weighted by Crippen LogP contribution is 2.70.